The van der Waals surface area contributed by atoms with Gasteiger partial charge in [0.25, 0.3) is 11.6 Å². The molecule has 0 aliphatic rings. The van der Waals surface area contributed by atoms with Crippen molar-refractivity contribution in [2.75, 3.05) is 14.2 Å². The molecule has 0 aliphatic carbocycles. The van der Waals surface area contributed by atoms with Crippen LogP contribution in [-0.2, 0) is 0 Å². The first-order chi connectivity index (χ1) is 11.9. The number of rotatable bonds is 6. The Morgan fingerprint density at radius 2 is 1.92 bits per heavy atom. The summed E-state index contributed by atoms with van der Waals surface area (Å²) in [5.41, 5.74) is 0.268. The van der Waals surface area contributed by atoms with Gasteiger partial charge < -0.3 is 14.8 Å². The Morgan fingerprint density at radius 1 is 1.20 bits per heavy atom. The fraction of sp³-hybridized carbons (Fsp3) is 0.235. The summed E-state index contributed by atoms with van der Waals surface area (Å²) in [5.74, 6) is 0.592. The van der Waals surface area contributed by atoms with E-state index in [0.29, 0.717) is 17.1 Å². The third-order valence-electron chi connectivity index (χ3n) is 3.65. The number of carbonyl (C=O) groups excluding carboxylic acids is 1. The van der Waals surface area contributed by atoms with Crippen LogP contribution in [0.2, 0.25) is 5.02 Å². The molecular weight excluding hydrogens is 348 g/mol. The van der Waals surface area contributed by atoms with Crippen molar-refractivity contribution in [3.05, 3.63) is 62.7 Å². The summed E-state index contributed by atoms with van der Waals surface area (Å²) < 4.78 is 10.5. The maximum absolute atomic E-state index is 12.5. The van der Waals surface area contributed by atoms with E-state index in [0.717, 1.165) is 6.07 Å². The van der Waals surface area contributed by atoms with Gasteiger partial charge in [-0.2, -0.15) is 0 Å². The van der Waals surface area contributed by atoms with Gasteiger partial charge in [0.1, 0.15) is 17.1 Å². The largest absolute Gasteiger partial charge is 0.497 e. The van der Waals surface area contributed by atoms with Crippen molar-refractivity contribution in [1.29, 1.82) is 0 Å². The number of nitrogens with one attached hydrogen (secondary N) is 1. The molecule has 1 atom stereocenters. The van der Waals surface area contributed by atoms with E-state index in [2.05, 4.69) is 5.32 Å². The highest BCUT2D eigenvalue weighted by molar-refractivity contribution is 6.31. The first-order valence-electron chi connectivity index (χ1n) is 7.34. The smallest absolute Gasteiger partial charge is 0.283 e. The minimum atomic E-state index is -0.641. The zero-order chi connectivity index (χ0) is 18.6. The fourth-order valence-electron chi connectivity index (χ4n) is 2.38. The highest BCUT2D eigenvalue weighted by atomic mass is 35.5. The van der Waals surface area contributed by atoms with E-state index in [1.807, 2.05) is 0 Å². The monoisotopic (exact) mass is 364 g/mol. The number of nitro groups is 1. The predicted molar refractivity (Wildman–Crippen MR) is 93.5 cm³/mol. The number of halogens is 1. The van der Waals surface area contributed by atoms with E-state index in [9.17, 15) is 14.9 Å². The van der Waals surface area contributed by atoms with Gasteiger partial charge in [0.05, 0.1) is 25.2 Å². The van der Waals surface area contributed by atoms with Crippen LogP contribution in [-0.4, -0.2) is 25.1 Å². The van der Waals surface area contributed by atoms with Crippen LogP contribution >= 0.6 is 11.6 Å². The van der Waals surface area contributed by atoms with Crippen molar-refractivity contribution in [2.45, 2.75) is 13.0 Å². The number of hydrogen-bond acceptors (Lipinski definition) is 5. The highest BCUT2D eigenvalue weighted by Crippen LogP contribution is 2.30. The Morgan fingerprint density at radius 3 is 2.52 bits per heavy atom. The Hall–Kier alpha value is -2.80. The molecule has 1 N–H and O–H groups in total. The quantitative estimate of drug-likeness (QED) is 0.622. The maximum atomic E-state index is 12.5. The lowest BCUT2D eigenvalue weighted by Crippen LogP contribution is -2.27. The Labute approximate surface area is 149 Å². The summed E-state index contributed by atoms with van der Waals surface area (Å²) in [6.07, 6.45) is 0. The van der Waals surface area contributed by atoms with E-state index in [-0.39, 0.29) is 16.3 Å². The molecule has 0 unspecified atom stereocenters. The minimum absolute atomic E-state index is 0.0666. The second-order valence-electron chi connectivity index (χ2n) is 5.22. The van der Waals surface area contributed by atoms with Gasteiger partial charge in [-0.1, -0.05) is 11.6 Å². The average molecular weight is 365 g/mol. The van der Waals surface area contributed by atoms with Crippen molar-refractivity contribution >= 4 is 23.2 Å². The van der Waals surface area contributed by atoms with E-state index < -0.39 is 16.9 Å². The summed E-state index contributed by atoms with van der Waals surface area (Å²) in [6.45, 7) is 1.75. The molecule has 2 aromatic rings. The molecule has 0 spiro atoms. The van der Waals surface area contributed by atoms with Crippen LogP contribution in [0.15, 0.2) is 36.4 Å². The summed E-state index contributed by atoms with van der Waals surface area (Å²) >= 11 is 5.77. The number of nitrogens with zero attached hydrogens (tertiary/aromatic N) is 1. The van der Waals surface area contributed by atoms with E-state index >= 15 is 0 Å². The topological polar surface area (TPSA) is 90.7 Å². The van der Waals surface area contributed by atoms with Crippen LogP contribution in [0.1, 0.15) is 28.9 Å². The zero-order valence-corrected chi connectivity index (χ0v) is 14.7. The van der Waals surface area contributed by atoms with Crippen molar-refractivity contribution < 1.29 is 19.2 Å². The van der Waals surface area contributed by atoms with Crippen molar-refractivity contribution in [2.24, 2.45) is 0 Å². The molecule has 2 aromatic carbocycles. The first kappa shape index (κ1) is 18.5. The number of amides is 1. The van der Waals surface area contributed by atoms with Crippen LogP contribution in [0.5, 0.6) is 11.5 Å². The van der Waals surface area contributed by atoms with E-state index in [4.69, 9.17) is 21.1 Å². The molecule has 2 rings (SSSR count). The maximum Gasteiger partial charge on any atom is 0.283 e. The second kappa shape index (κ2) is 7.85. The third-order valence-corrected chi connectivity index (χ3v) is 3.89. The number of methoxy groups -OCH3 is 2. The number of carbonyl (C=O) groups is 1. The predicted octanol–water partition coefficient (Wildman–Crippen LogP) is 3.76. The van der Waals surface area contributed by atoms with Crippen molar-refractivity contribution in [3.8, 4) is 11.5 Å². The standard InChI is InChI=1S/C17H17ClN2O5/c1-10(14-9-12(24-2)5-7-16(14)25-3)19-17(21)13-6-4-11(18)8-15(13)20(22)23/h4-10H,1-3H3,(H,19,21)/t10-/m1/s1. The molecule has 0 saturated carbocycles. The molecule has 0 aliphatic heterocycles. The number of ether oxygens (including phenoxy) is 2. The van der Waals surface area contributed by atoms with E-state index in [1.54, 1.807) is 25.1 Å². The number of nitro benzene ring substituents is 1. The van der Waals surface area contributed by atoms with Crippen LogP contribution in [0.3, 0.4) is 0 Å². The molecule has 8 heteroatoms. The molecule has 25 heavy (non-hydrogen) atoms. The molecule has 0 aromatic heterocycles. The lowest BCUT2D eigenvalue weighted by atomic mass is 10.1. The van der Waals surface area contributed by atoms with Gasteiger partial charge >= 0.3 is 0 Å². The lowest BCUT2D eigenvalue weighted by Gasteiger charge is -2.18. The fourth-order valence-corrected chi connectivity index (χ4v) is 2.54. The normalized spacial score (nSPS) is 11.5. The van der Waals surface area contributed by atoms with Gasteiger partial charge in [-0.3, -0.25) is 14.9 Å². The Bertz CT molecular complexity index is 810. The van der Waals surface area contributed by atoms with Gasteiger partial charge in [0.2, 0.25) is 0 Å². The SMILES string of the molecule is COc1ccc(OC)c([C@@H](C)NC(=O)c2ccc(Cl)cc2[N+](=O)[O-])c1. The van der Waals surface area contributed by atoms with Crippen LogP contribution in [0.25, 0.3) is 0 Å². The molecule has 0 bridgehead atoms. The molecule has 7 nitrogen and oxygen atoms in total. The first-order valence-corrected chi connectivity index (χ1v) is 7.72. The number of hydrogen-bond donors (Lipinski definition) is 1. The Balaban J connectivity index is 2.31. The highest BCUT2D eigenvalue weighted by Gasteiger charge is 2.23. The van der Waals surface area contributed by atoms with Gasteiger partial charge in [0, 0.05) is 16.7 Å². The van der Waals surface area contributed by atoms with Crippen LogP contribution in [0.4, 0.5) is 5.69 Å². The van der Waals surface area contributed by atoms with Gasteiger partial charge in [-0.05, 0) is 37.3 Å². The minimum Gasteiger partial charge on any atom is -0.497 e. The molecule has 0 radical (unpaired) electrons. The molecule has 132 valence electrons. The third kappa shape index (κ3) is 4.19. The van der Waals surface area contributed by atoms with Gasteiger partial charge in [-0.25, -0.2) is 0 Å². The second-order valence-corrected chi connectivity index (χ2v) is 5.66. The summed E-state index contributed by atoms with van der Waals surface area (Å²) in [5, 5.41) is 14.1. The van der Waals surface area contributed by atoms with Crippen molar-refractivity contribution in [3.63, 3.8) is 0 Å². The average Bonchev–Trinajstić information content (AvgIpc) is 2.60. The molecule has 0 saturated heterocycles. The van der Waals surface area contributed by atoms with E-state index in [1.165, 1.54) is 26.4 Å². The molecular formula is C17H17ClN2O5. The zero-order valence-electron chi connectivity index (χ0n) is 13.9. The van der Waals surface area contributed by atoms with Gasteiger partial charge in [0.15, 0.2) is 0 Å². The van der Waals surface area contributed by atoms with Crippen LogP contribution in [0, 0.1) is 10.1 Å². The van der Waals surface area contributed by atoms with Crippen molar-refractivity contribution in [1.82, 2.24) is 5.32 Å². The number of benzene rings is 2. The summed E-state index contributed by atoms with van der Waals surface area (Å²) in [4.78, 5) is 23.0. The summed E-state index contributed by atoms with van der Waals surface area (Å²) in [6, 6.07) is 8.63. The lowest BCUT2D eigenvalue weighted by molar-refractivity contribution is -0.385. The van der Waals surface area contributed by atoms with Crippen LogP contribution < -0.4 is 14.8 Å². The van der Waals surface area contributed by atoms with Gasteiger partial charge in [-0.15, -0.1) is 0 Å². The summed E-state index contributed by atoms with van der Waals surface area (Å²) in [7, 11) is 3.05. The molecule has 0 fully saturated rings. The Kier molecular flexibility index (Phi) is 5.82. The molecule has 1 amide bonds. The molecule has 0 heterocycles.